The van der Waals surface area contributed by atoms with Gasteiger partial charge in [0.05, 0.1) is 56.0 Å². The maximum absolute atomic E-state index is 14.5. The third kappa shape index (κ3) is 6.89. The second-order valence-corrected chi connectivity index (χ2v) is 25.7. The lowest BCUT2D eigenvalue weighted by Gasteiger charge is -2.83. The van der Waals surface area contributed by atoms with Crippen molar-refractivity contribution in [3.8, 4) is 0 Å². The Morgan fingerprint density at radius 3 is 2.36 bits per heavy atom. The standard InChI is InChI=1S/C55H80N6O13/c1-49(23-63)13-14-53(48(71)72)17-28(15-29-19-57-25-59-29)54-11-7-27-16-31(39-32(21-62)46(70)61-41(39)30(5-6-38(56)66)35-20-58-26-60-35)40-43(68)45(74-47-44(69)42(67)36(65)22-73-47)50(2,24-64)37-9-10-51(54,3)55(27,52(37,40)4)12-8-33(54)34(53)18-49/h8,16,19-20,25-26,28,30-32,34,36-45,47,62-69H,5-7,9-15,17-18,21-24,56H2,1-4H3,(H,57,59)(H,58,60)(H,61,70)(H,71,72). The number of carbonyl (C=O) groups excluding carboxylic acids is 1. The molecule has 2 aromatic heterocycles. The molecule has 7 aliphatic carbocycles. The lowest BCUT2D eigenvalue weighted by Crippen LogP contribution is -2.80. The van der Waals surface area contributed by atoms with Crippen molar-refractivity contribution in [1.29, 1.82) is 0 Å². The van der Waals surface area contributed by atoms with Crippen molar-refractivity contribution in [2.24, 2.45) is 85.1 Å². The SMILES string of the molecule is CC1(CO)CCC2(C(=O)O)CC(Cc3cnc[nH]3)C34CCC5=CC(C6C(CO)C(=O)NC6C(CCC(N)O)c6cnc[nH]6)C6C(O)C(OC7OCC(O)C(O)C7O)C(C)(CO)C7CCC3(C)C5(CC=C4C2C1)C67C. The topological polar surface area (TPSA) is 330 Å². The Kier molecular flexibility index (Phi) is 12.9. The van der Waals surface area contributed by atoms with Crippen LogP contribution in [-0.4, -0.2) is 153 Å². The third-order valence-electron chi connectivity index (χ3n) is 23.0. The van der Waals surface area contributed by atoms with Gasteiger partial charge >= 0.3 is 5.97 Å². The molecule has 19 nitrogen and oxygen atoms in total. The number of allylic oxidation sites excluding steroid dienone is 4. The van der Waals surface area contributed by atoms with Crippen molar-refractivity contribution in [2.75, 3.05) is 26.4 Å². The predicted molar refractivity (Wildman–Crippen MR) is 264 cm³/mol. The number of carboxylic acids is 1. The second-order valence-electron chi connectivity index (χ2n) is 25.7. The van der Waals surface area contributed by atoms with Gasteiger partial charge in [-0.25, -0.2) is 9.97 Å². The Morgan fingerprint density at radius 1 is 0.946 bits per heavy atom. The number of nitrogens with one attached hydrogen (secondary N) is 3. The van der Waals surface area contributed by atoms with E-state index in [0.29, 0.717) is 76.3 Å². The van der Waals surface area contributed by atoms with Gasteiger partial charge in [-0.3, -0.25) is 9.59 Å². The fourth-order valence-corrected chi connectivity index (χ4v) is 19.8. The Balaban J connectivity index is 1.15. The van der Waals surface area contributed by atoms with E-state index in [2.05, 4.69) is 58.2 Å². The minimum atomic E-state index is -1.69. The molecule has 2 bridgehead atoms. The number of amides is 1. The van der Waals surface area contributed by atoms with Gasteiger partial charge in [-0.05, 0) is 117 Å². The lowest BCUT2D eigenvalue weighted by molar-refractivity contribution is -0.360. The number of nitrogens with two attached hydrogens (primary N) is 1. The number of aromatic nitrogens is 4. The van der Waals surface area contributed by atoms with Crippen molar-refractivity contribution in [2.45, 2.75) is 160 Å². The average molecular weight is 1030 g/mol. The number of aliphatic hydroxyl groups excluding tert-OH is 8. The summed E-state index contributed by atoms with van der Waals surface area (Å²) in [6.45, 7) is 7.38. The van der Waals surface area contributed by atoms with Gasteiger partial charge in [0.2, 0.25) is 5.91 Å². The molecule has 9 aliphatic rings. The molecular weight excluding hydrogens is 953 g/mol. The monoisotopic (exact) mass is 1030 g/mol. The van der Waals surface area contributed by atoms with Gasteiger partial charge < -0.3 is 76.5 Å². The molecule has 2 saturated heterocycles. The van der Waals surface area contributed by atoms with Crippen LogP contribution < -0.4 is 11.1 Å². The minimum absolute atomic E-state index is 0.0559. The van der Waals surface area contributed by atoms with Crippen LogP contribution in [0.3, 0.4) is 0 Å². The number of aliphatic carboxylic acids is 1. The Hall–Kier alpha value is -3.60. The Bertz CT molecular complexity index is 2510. The fourth-order valence-electron chi connectivity index (χ4n) is 19.8. The highest BCUT2D eigenvalue weighted by Gasteiger charge is 2.84. The van der Waals surface area contributed by atoms with Gasteiger partial charge in [-0.2, -0.15) is 0 Å². The van der Waals surface area contributed by atoms with Crippen LogP contribution in [0.5, 0.6) is 0 Å². The number of H-pyrrole nitrogens is 2. The third-order valence-corrected chi connectivity index (χ3v) is 23.0. The summed E-state index contributed by atoms with van der Waals surface area (Å²) in [6, 6.07) is -0.647. The van der Waals surface area contributed by atoms with E-state index >= 15 is 0 Å². The first kappa shape index (κ1) is 52.5. The number of aliphatic hydroxyl groups is 8. The number of carbonyl (C=O) groups is 2. The van der Waals surface area contributed by atoms with E-state index < -0.39 is 142 Å². The smallest absolute Gasteiger partial charge is 0.310 e. The van der Waals surface area contributed by atoms with Crippen molar-refractivity contribution in [3.63, 3.8) is 0 Å². The van der Waals surface area contributed by atoms with Gasteiger partial charge in [-0.1, -0.05) is 51.0 Å². The van der Waals surface area contributed by atoms with Crippen LogP contribution in [0.25, 0.3) is 0 Å². The quantitative estimate of drug-likeness (QED) is 0.0731. The minimum Gasteiger partial charge on any atom is -0.481 e. The summed E-state index contributed by atoms with van der Waals surface area (Å²) in [7, 11) is 0. The van der Waals surface area contributed by atoms with Gasteiger partial charge in [0.25, 0.3) is 0 Å². The lowest BCUT2D eigenvalue weighted by atomic mass is 9.21. The molecule has 0 radical (unpaired) electrons. The molecule has 2 aliphatic heterocycles. The van der Waals surface area contributed by atoms with E-state index in [0.717, 1.165) is 5.69 Å². The molecule has 23 unspecified atom stereocenters. The second kappa shape index (κ2) is 18.2. The molecule has 4 heterocycles. The summed E-state index contributed by atoms with van der Waals surface area (Å²) in [5, 5.41) is 107. The van der Waals surface area contributed by atoms with Crippen LogP contribution in [0.4, 0.5) is 0 Å². The zero-order chi connectivity index (χ0) is 52.7. The zero-order valence-corrected chi connectivity index (χ0v) is 43.1. The van der Waals surface area contributed by atoms with E-state index in [9.17, 15) is 55.5 Å². The summed E-state index contributed by atoms with van der Waals surface area (Å²) < 4.78 is 12.7. The highest BCUT2D eigenvalue weighted by molar-refractivity contribution is 5.82. The average Bonchev–Trinajstić information content (AvgIpc) is 4.28. The number of fused-ring (bicyclic) bond motifs is 2. The van der Waals surface area contributed by atoms with E-state index in [1.807, 2.05) is 13.1 Å². The molecular formula is C55H80N6O13. The van der Waals surface area contributed by atoms with Crippen LogP contribution in [0.1, 0.15) is 116 Å². The molecule has 1 amide bonds. The number of ether oxygens (including phenoxy) is 2. The molecule has 11 rings (SSSR count). The molecule has 23 atom stereocenters. The number of hydrogen-bond donors (Lipinski definition) is 13. The van der Waals surface area contributed by atoms with Crippen LogP contribution in [0, 0.1) is 79.3 Å². The van der Waals surface area contributed by atoms with Gasteiger partial charge in [0, 0.05) is 70.4 Å². The summed E-state index contributed by atoms with van der Waals surface area (Å²) in [5.74, 6) is -5.46. The van der Waals surface area contributed by atoms with E-state index in [4.69, 9.17) is 15.2 Å². The summed E-state index contributed by atoms with van der Waals surface area (Å²) in [6.07, 6.45) is 7.66. The summed E-state index contributed by atoms with van der Waals surface area (Å²) in [5.41, 5.74) is 4.41. The molecule has 0 aromatic carbocycles. The van der Waals surface area contributed by atoms with Crippen molar-refractivity contribution >= 4 is 11.9 Å². The number of rotatable bonds is 14. The molecule has 19 heteroatoms. The highest BCUT2D eigenvalue weighted by Crippen LogP contribution is 2.88. The molecule has 408 valence electrons. The number of aromatic amines is 2. The van der Waals surface area contributed by atoms with Crippen LogP contribution in [0.15, 0.2) is 48.3 Å². The van der Waals surface area contributed by atoms with Crippen LogP contribution in [0.2, 0.25) is 0 Å². The van der Waals surface area contributed by atoms with E-state index in [-0.39, 0.29) is 37.4 Å². The van der Waals surface area contributed by atoms with Gasteiger partial charge in [0.15, 0.2) is 6.29 Å². The first-order valence-corrected chi connectivity index (χ1v) is 27.3. The molecule has 2 spiro atoms. The highest BCUT2D eigenvalue weighted by atomic mass is 16.7. The Labute approximate surface area is 431 Å². The molecule has 7 fully saturated rings. The first-order valence-electron chi connectivity index (χ1n) is 27.3. The zero-order valence-electron chi connectivity index (χ0n) is 43.1. The number of hydrogen-bond acceptors (Lipinski definition) is 15. The predicted octanol–water partition coefficient (Wildman–Crippen LogP) is 2.02. The summed E-state index contributed by atoms with van der Waals surface area (Å²) in [4.78, 5) is 44.0. The van der Waals surface area contributed by atoms with Gasteiger partial charge in [0.1, 0.15) is 24.5 Å². The Morgan fingerprint density at radius 2 is 1.70 bits per heavy atom. The number of nitrogens with zero attached hydrogens (tertiary/aromatic N) is 2. The molecule has 2 aromatic rings. The van der Waals surface area contributed by atoms with Gasteiger partial charge in [-0.15, -0.1) is 0 Å². The molecule has 74 heavy (non-hydrogen) atoms. The largest absolute Gasteiger partial charge is 0.481 e. The maximum Gasteiger partial charge on any atom is 0.310 e. The molecule has 14 N–H and O–H groups in total. The van der Waals surface area contributed by atoms with Crippen molar-refractivity contribution in [1.82, 2.24) is 25.3 Å². The summed E-state index contributed by atoms with van der Waals surface area (Å²) >= 11 is 0. The van der Waals surface area contributed by atoms with E-state index in [1.165, 1.54) is 11.1 Å². The van der Waals surface area contributed by atoms with Crippen LogP contribution in [-0.2, 0) is 25.5 Å². The van der Waals surface area contributed by atoms with Crippen LogP contribution >= 0.6 is 0 Å². The number of carboxylic acid groups (broad SMARTS) is 1. The van der Waals surface area contributed by atoms with E-state index in [1.54, 1.807) is 18.9 Å². The molecule has 5 saturated carbocycles. The first-order chi connectivity index (χ1) is 35.2. The number of imidazole rings is 2. The maximum atomic E-state index is 14.5. The van der Waals surface area contributed by atoms with Crippen molar-refractivity contribution < 1.29 is 65.0 Å². The normalized spacial score (nSPS) is 49.1. The van der Waals surface area contributed by atoms with Crippen molar-refractivity contribution in [3.05, 3.63) is 59.7 Å². The fraction of sp³-hybridized carbons (Fsp3) is 0.782.